The molecule has 20 heavy (non-hydrogen) atoms. The number of amides is 1. The number of hydrogen-bond donors (Lipinski definition) is 2. The maximum atomic E-state index is 13.8. The Hall–Kier alpha value is -1.62. The van der Waals surface area contributed by atoms with Gasteiger partial charge in [-0.05, 0) is 25.0 Å². The lowest BCUT2D eigenvalue weighted by atomic mass is 9.95. The minimum absolute atomic E-state index is 0.171. The third-order valence-electron chi connectivity index (χ3n) is 3.85. The molecule has 106 valence electrons. The number of nitrogen functional groups attached to an aromatic ring is 1. The van der Waals surface area contributed by atoms with Crippen LogP contribution in [0.4, 0.5) is 10.1 Å². The van der Waals surface area contributed by atoms with Crippen molar-refractivity contribution in [3.8, 4) is 0 Å². The number of thiophene rings is 1. The fourth-order valence-electron chi connectivity index (χ4n) is 2.80. The molecule has 1 aliphatic carbocycles. The van der Waals surface area contributed by atoms with E-state index in [2.05, 4.69) is 5.32 Å². The summed E-state index contributed by atoms with van der Waals surface area (Å²) in [4.78, 5) is 12.7. The van der Waals surface area contributed by atoms with E-state index in [0.29, 0.717) is 10.3 Å². The second-order valence-corrected chi connectivity index (χ2v) is 6.32. The highest BCUT2D eigenvalue weighted by molar-refractivity contribution is 7.21. The topological polar surface area (TPSA) is 55.1 Å². The van der Waals surface area contributed by atoms with Gasteiger partial charge in [0, 0.05) is 10.7 Å². The van der Waals surface area contributed by atoms with Crippen molar-refractivity contribution in [2.45, 2.75) is 38.1 Å². The summed E-state index contributed by atoms with van der Waals surface area (Å²) < 4.78 is 14.5. The van der Waals surface area contributed by atoms with E-state index in [9.17, 15) is 9.18 Å². The van der Waals surface area contributed by atoms with Gasteiger partial charge in [0.1, 0.15) is 10.7 Å². The minimum atomic E-state index is -0.368. The Labute approximate surface area is 121 Å². The van der Waals surface area contributed by atoms with Gasteiger partial charge in [0.2, 0.25) is 0 Å². The Kier molecular flexibility index (Phi) is 3.61. The Morgan fingerprint density at radius 2 is 2.05 bits per heavy atom. The molecule has 1 aliphatic rings. The molecule has 1 aromatic heterocycles. The quantitative estimate of drug-likeness (QED) is 0.887. The van der Waals surface area contributed by atoms with E-state index in [1.165, 1.54) is 23.8 Å². The number of anilines is 1. The lowest BCUT2D eigenvalue weighted by Gasteiger charge is -2.22. The van der Waals surface area contributed by atoms with Crippen molar-refractivity contribution >= 4 is 33.0 Å². The van der Waals surface area contributed by atoms with Crippen molar-refractivity contribution in [1.29, 1.82) is 0 Å². The Morgan fingerprint density at radius 1 is 1.30 bits per heavy atom. The zero-order valence-electron chi connectivity index (χ0n) is 11.1. The van der Waals surface area contributed by atoms with Gasteiger partial charge in [0.05, 0.1) is 11.1 Å². The van der Waals surface area contributed by atoms with Gasteiger partial charge < -0.3 is 11.1 Å². The average molecular weight is 292 g/mol. The number of halogens is 1. The lowest BCUT2D eigenvalue weighted by Crippen LogP contribution is -2.36. The SMILES string of the molecule is Nc1c(C(=O)NC2CCCCC2)sc2cccc(F)c12. The van der Waals surface area contributed by atoms with E-state index < -0.39 is 0 Å². The van der Waals surface area contributed by atoms with Crippen molar-refractivity contribution in [2.24, 2.45) is 0 Å². The second kappa shape index (κ2) is 5.40. The van der Waals surface area contributed by atoms with Gasteiger partial charge in [-0.25, -0.2) is 4.39 Å². The molecule has 0 spiro atoms. The van der Waals surface area contributed by atoms with E-state index in [1.807, 2.05) is 0 Å². The zero-order chi connectivity index (χ0) is 14.1. The van der Waals surface area contributed by atoms with E-state index in [4.69, 9.17) is 5.73 Å². The van der Waals surface area contributed by atoms with E-state index in [1.54, 1.807) is 12.1 Å². The smallest absolute Gasteiger partial charge is 0.263 e. The molecule has 1 saturated carbocycles. The summed E-state index contributed by atoms with van der Waals surface area (Å²) in [5, 5.41) is 3.39. The van der Waals surface area contributed by atoms with Gasteiger partial charge in [0.25, 0.3) is 5.91 Å². The molecule has 1 aromatic carbocycles. The molecule has 0 aliphatic heterocycles. The number of nitrogens with one attached hydrogen (secondary N) is 1. The third kappa shape index (κ3) is 2.38. The number of nitrogens with two attached hydrogens (primary N) is 1. The summed E-state index contributed by atoms with van der Waals surface area (Å²) in [5.74, 6) is -0.539. The molecule has 0 saturated heterocycles. The second-order valence-electron chi connectivity index (χ2n) is 5.27. The van der Waals surface area contributed by atoms with Gasteiger partial charge in [-0.1, -0.05) is 25.3 Å². The van der Waals surface area contributed by atoms with Crippen molar-refractivity contribution in [3.63, 3.8) is 0 Å². The van der Waals surface area contributed by atoms with Crippen LogP contribution >= 0.6 is 11.3 Å². The first-order chi connectivity index (χ1) is 9.66. The monoisotopic (exact) mass is 292 g/mol. The predicted octanol–water partition coefficient (Wildman–Crippen LogP) is 3.69. The van der Waals surface area contributed by atoms with Crippen molar-refractivity contribution in [1.82, 2.24) is 5.32 Å². The number of benzene rings is 1. The van der Waals surface area contributed by atoms with Gasteiger partial charge in [-0.3, -0.25) is 4.79 Å². The molecule has 1 heterocycles. The van der Waals surface area contributed by atoms with Crippen LogP contribution in [0.5, 0.6) is 0 Å². The number of fused-ring (bicyclic) bond motifs is 1. The molecule has 0 atom stereocenters. The molecule has 5 heteroatoms. The highest BCUT2D eigenvalue weighted by Gasteiger charge is 2.22. The Balaban J connectivity index is 1.87. The molecular weight excluding hydrogens is 275 g/mol. The molecule has 1 amide bonds. The van der Waals surface area contributed by atoms with Crippen LogP contribution in [0.1, 0.15) is 41.8 Å². The standard InChI is InChI=1S/C15H17FN2OS/c16-10-7-4-8-11-12(10)13(17)14(20-11)15(19)18-9-5-2-1-3-6-9/h4,7-9H,1-3,5-6,17H2,(H,18,19). The van der Waals surface area contributed by atoms with Crippen molar-refractivity contribution < 1.29 is 9.18 Å². The van der Waals surface area contributed by atoms with Gasteiger partial charge >= 0.3 is 0 Å². The van der Waals surface area contributed by atoms with Crippen LogP contribution in [-0.4, -0.2) is 11.9 Å². The first-order valence-electron chi connectivity index (χ1n) is 6.94. The van der Waals surface area contributed by atoms with Crippen LogP contribution in [0.2, 0.25) is 0 Å². The summed E-state index contributed by atoms with van der Waals surface area (Å²) in [6, 6.07) is 5.02. The predicted molar refractivity (Wildman–Crippen MR) is 80.5 cm³/mol. The fraction of sp³-hybridized carbons (Fsp3) is 0.400. The first-order valence-corrected chi connectivity index (χ1v) is 7.76. The van der Waals surface area contributed by atoms with E-state index in [-0.39, 0.29) is 23.5 Å². The van der Waals surface area contributed by atoms with Crippen molar-refractivity contribution in [2.75, 3.05) is 5.73 Å². The molecular formula is C15H17FN2OS. The van der Waals surface area contributed by atoms with Crippen LogP contribution < -0.4 is 11.1 Å². The van der Waals surface area contributed by atoms with Gasteiger partial charge in [-0.2, -0.15) is 0 Å². The number of carbonyl (C=O) groups excluding carboxylic acids is 1. The first kappa shape index (κ1) is 13.4. The highest BCUT2D eigenvalue weighted by Crippen LogP contribution is 2.35. The molecule has 3 rings (SSSR count). The van der Waals surface area contributed by atoms with E-state index >= 15 is 0 Å². The normalized spacial score (nSPS) is 16.4. The van der Waals surface area contributed by atoms with Gasteiger partial charge in [-0.15, -0.1) is 11.3 Å². The number of hydrogen-bond acceptors (Lipinski definition) is 3. The highest BCUT2D eigenvalue weighted by atomic mass is 32.1. The minimum Gasteiger partial charge on any atom is -0.397 e. The molecule has 0 unspecified atom stereocenters. The van der Waals surface area contributed by atoms with Gasteiger partial charge in [0.15, 0.2) is 0 Å². The average Bonchev–Trinajstić information content (AvgIpc) is 2.79. The molecule has 3 N–H and O–H groups in total. The Morgan fingerprint density at radius 3 is 2.75 bits per heavy atom. The van der Waals surface area contributed by atoms with Crippen LogP contribution in [-0.2, 0) is 0 Å². The molecule has 2 aromatic rings. The van der Waals surface area contributed by atoms with Crippen LogP contribution in [0.25, 0.3) is 10.1 Å². The van der Waals surface area contributed by atoms with Crippen LogP contribution in [0.3, 0.4) is 0 Å². The fourth-order valence-corrected chi connectivity index (χ4v) is 3.84. The maximum Gasteiger partial charge on any atom is 0.263 e. The summed E-state index contributed by atoms with van der Waals surface area (Å²) in [7, 11) is 0. The Bertz CT molecular complexity index is 647. The summed E-state index contributed by atoms with van der Waals surface area (Å²) in [6.45, 7) is 0. The van der Waals surface area contributed by atoms with E-state index in [0.717, 1.165) is 30.4 Å². The third-order valence-corrected chi connectivity index (χ3v) is 5.02. The molecule has 1 fully saturated rings. The maximum absolute atomic E-state index is 13.8. The molecule has 0 bridgehead atoms. The lowest BCUT2D eigenvalue weighted by molar-refractivity contribution is 0.0933. The zero-order valence-corrected chi connectivity index (χ0v) is 11.9. The van der Waals surface area contributed by atoms with Crippen LogP contribution in [0.15, 0.2) is 18.2 Å². The largest absolute Gasteiger partial charge is 0.397 e. The molecule has 3 nitrogen and oxygen atoms in total. The summed E-state index contributed by atoms with van der Waals surface area (Å²) in [5.41, 5.74) is 6.22. The molecule has 0 radical (unpaired) electrons. The summed E-state index contributed by atoms with van der Waals surface area (Å²) >= 11 is 1.26. The number of carbonyl (C=O) groups is 1. The number of rotatable bonds is 2. The summed E-state index contributed by atoms with van der Waals surface area (Å²) in [6.07, 6.45) is 5.58. The van der Waals surface area contributed by atoms with Crippen LogP contribution in [0, 0.1) is 5.82 Å². The van der Waals surface area contributed by atoms with Crippen molar-refractivity contribution in [3.05, 3.63) is 28.9 Å².